The van der Waals surface area contributed by atoms with Gasteiger partial charge in [-0.05, 0) is 17.2 Å². The molecule has 2 amide bonds. The van der Waals surface area contributed by atoms with E-state index >= 15 is 0 Å². The summed E-state index contributed by atoms with van der Waals surface area (Å²) in [5, 5.41) is 16.1. The number of nitrogens with zero attached hydrogens (tertiary/aromatic N) is 1. The second kappa shape index (κ2) is 8.59. The third kappa shape index (κ3) is 4.39. The normalized spacial score (nSPS) is 10.3. The van der Waals surface area contributed by atoms with Gasteiger partial charge in [0.05, 0.1) is 11.0 Å². The largest absolute Gasteiger partial charge is 0.337 e. The first-order chi connectivity index (χ1) is 13.6. The van der Waals surface area contributed by atoms with E-state index in [0.29, 0.717) is 0 Å². The highest BCUT2D eigenvalue weighted by molar-refractivity contribution is 6.40. The van der Waals surface area contributed by atoms with Crippen molar-refractivity contribution in [2.45, 2.75) is 6.04 Å². The van der Waals surface area contributed by atoms with Crippen molar-refractivity contribution in [3.63, 3.8) is 0 Å². The Kier molecular flexibility index (Phi) is 5.76. The van der Waals surface area contributed by atoms with E-state index in [-0.39, 0.29) is 11.4 Å². The fourth-order valence-electron chi connectivity index (χ4n) is 2.76. The molecule has 28 heavy (non-hydrogen) atoms. The number of para-hydroxylation sites is 2. The van der Waals surface area contributed by atoms with Crippen molar-refractivity contribution in [1.29, 1.82) is 0 Å². The maximum atomic E-state index is 12.5. The minimum absolute atomic E-state index is 0.0383. The Hall–Kier alpha value is -4.00. The van der Waals surface area contributed by atoms with Crippen molar-refractivity contribution in [2.75, 3.05) is 5.32 Å². The number of carbonyl (C=O) groups excluding carboxylic acids is 2. The number of anilines is 1. The molecule has 0 radical (unpaired) electrons. The first kappa shape index (κ1) is 18.8. The molecule has 0 heterocycles. The summed E-state index contributed by atoms with van der Waals surface area (Å²) in [6.07, 6.45) is 0. The number of nitro benzene ring substituents is 1. The Morgan fingerprint density at radius 3 is 1.79 bits per heavy atom. The van der Waals surface area contributed by atoms with Crippen LogP contribution >= 0.6 is 0 Å². The standard InChI is InChI=1S/C21H17N3O4/c25-20(22-17-13-7-8-14-18(17)24(27)28)21(26)23-19(15-9-3-1-4-10-15)16-11-5-2-6-12-16/h1-14,19H,(H,22,25)(H,23,26). The van der Waals surface area contributed by atoms with Gasteiger partial charge in [0.1, 0.15) is 5.69 Å². The lowest BCUT2D eigenvalue weighted by molar-refractivity contribution is -0.383. The minimum Gasteiger partial charge on any atom is -0.337 e. The van der Waals surface area contributed by atoms with Crippen molar-refractivity contribution in [3.05, 3.63) is 106 Å². The topological polar surface area (TPSA) is 101 Å². The number of hydrogen-bond donors (Lipinski definition) is 2. The average Bonchev–Trinajstić information content (AvgIpc) is 2.73. The average molecular weight is 375 g/mol. The van der Waals surface area contributed by atoms with Gasteiger partial charge in [-0.25, -0.2) is 0 Å². The molecule has 7 nitrogen and oxygen atoms in total. The fourth-order valence-corrected chi connectivity index (χ4v) is 2.76. The molecule has 2 N–H and O–H groups in total. The lowest BCUT2D eigenvalue weighted by atomic mass is 9.99. The Morgan fingerprint density at radius 2 is 1.25 bits per heavy atom. The SMILES string of the molecule is O=C(Nc1ccccc1[N+](=O)[O-])C(=O)NC(c1ccccc1)c1ccccc1. The zero-order valence-electron chi connectivity index (χ0n) is 14.7. The van der Waals surface area contributed by atoms with Crippen LogP contribution in [0.3, 0.4) is 0 Å². The zero-order valence-corrected chi connectivity index (χ0v) is 14.7. The smallest absolute Gasteiger partial charge is 0.313 e. The summed E-state index contributed by atoms with van der Waals surface area (Å²) in [6, 6.07) is 23.6. The van der Waals surface area contributed by atoms with Gasteiger partial charge < -0.3 is 10.6 Å². The summed E-state index contributed by atoms with van der Waals surface area (Å²) < 4.78 is 0. The Labute approximate surface area is 161 Å². The van der Waals surface area contributed by atoms with Gasteiger partial charge in [0, 0.05) is 6.07 Å². The van der Waals surface area contributed by atoms with Gasteiger partial charge in [-0.1, -0.05) is 72.8 Å². The van der Waals surface area contributed by atoms with Crippen LogP contribution in [0.1, 0.15) is 17.2 Å². The van der Waals surface area contributed by atoms with Crippen LogP contribution in [0.25, 0.3) is 0 Å². The minimum atomic E-state index is -0.980. The number of rotatable bonds is 5. The van der Waals surface area contributed by atoms with E-state index in [1.807, 2.05) is 60.7 Å². The molecule has 7 heteroatoms. The predicted molar refractivity (Wildman–Crippen MR) is 105 cm³/mol. The third-order valence-corrected chi connectivity index (χ3v) is 4.10. The summed E-state index contributed by atoms with van der Waals surface area (Å²) in [7, 11) is 0. The number of nitrogens with one attached hydrogen (secondary N) is 2. The number of amides is 2. The van der Waals surface area contributed by atoms with Crippen molar-refractivity contribution in [1.82, 2.24) is 5.32 Å². The zero-order chi connectivity index (χ0) is 19.9. The molecule has 3 aromatic rings. The predicted octanol–water partition coefficient (Wildman–Crippen LogP) is 3.44. The molecule has 0 spiro atoms. The van der Waals surface area contributed by atoms with Crippen molar-refractivity contribution in [2.24, 2.45) is 0 Å². The van der Waals surface area contributed by atoms with Crippen molar-refractivity contribution < 1.29 is 14.5 Å². The summed E-state index contributed by atoms with van der Waals surface area (Å²) in [4.78, 5) is 35.3. The van der Waals surface area contributed by atoms with Crippen LogP contribution in [0, 0.1) is 10.1 Å². The van der Waals surface area contributed by atoms with Crippen LogP contribution in [0.2, 0.25) is 0 Å². The van der Waals surface area contributed by atoms with Gasteiger partial charge in [0.15, 0.2) is 0 Å². The highest BCUT2D eigenvalue weighted by Crippen LogP contribution is 2.24. The van der Waals surface area contributed by atoms with E-state index in [9.17, 15) is 19.7 Å². The molecule has 0 atom stereocenters. The van der Waals surface area contributed by atoms with Gasteiger partial charge in [-0.15, -0.1) is 0 Å². The van der Waals surface area contributed by atoms with Gasteiger partial charge in [-0.2, -0.15) is 0 Å². The molecule has 0 aromatic heterocycles. The molecule has 0 saturated heterocycles. The highest BCUT2D eigenvalue weighted by Gasteiger charge is 2.23. The first-order valence-electron chi connectivity index (χ1n) is 8.51. The Balaban J connectivity index is 1.81. The van der Waals surface area contributed by atoms with E-state index in [4.69, 9.17) is 0 Å². The van der Waals surface area contributed by atoms with Crippen molar-refractivity contribution in [3.8, 4) is 0 Å². The maximum Gasteiger partial charge on any atom is 0.313 e. The number of benzene rings is 3. The van der Waals surface area contributed by atoms with Crippen LogP contribution in [-0.4, -0.2) is 16.7 Å². The lowest BCUT2D eigenvalue weighted by Crippen LogP contribution is -2.38. The van der Waals surface area contributed by atoms with Crippen LogP contribution in [-0.2, 0) is 9.59 Å². The molecular formula is C21H17N3O4. The molecule has 3 aromatic carbocycles. The second-order valence-electron chi connectivity index (χ2n) is 5.96. The molecule has 0 aliphatic carbocycles. The van der Waals surface area contributed by atoms with E-state index < -0.39 is 22.8 Å². The fraction of sp³-hybridized carbons (Fsp3) is 0.0476. The molecule has 0 bridgehead atoms. The summed E-state index contributed by atoms with van der Waals surface area (Å²) in [5.41, 5.74) is 1.29. The number of hydrogen-bond acceptors (Lipinski definition) is 4. The van der Waals surface area contributed by atoms with Crippen LogP contribution < -0.4 is 10.6 Å². The molecule has 3 rings (SSSR count). The summed E-state index contributed by atoms with van der Waals surface area (Å²) in [6.45, 7) is 0. The van der Waals surface area contributed by atoms with E-state index in [1.54, 1.807) is 0 Å². The Bertz CT molecular complexity index is 951. The number of carbonyl (C=O) groups is 2. The highest BCUT2D eigenvalue weighted by atomic mass is 16.6. The molecule has 0 fully saturated rings. The lowest BCUT2D eigenvalue weighted by Gasteiger charge is -2.19. The van der Waals surface area contributed by atoms with Crippen LogP contribution in [0.5, 0.6) is 0 Å². The maximum absolute atomic E-state index is 12.5. The molecular weight excluding hydrogens is 358 g/mol. The van der Waals surface area contributed by atoms with Crippen molar-refractivity contribution >= 4 is 23.2 Å². The van der Waals surface area contributed by atoms with E-state index in [0.717, 1.165) is 11.1 Å². The summed E-state index contributed by atoms with van der Waals surface area (Å²) >= 11 is 0. The van der Waals surface area contributed by atoms with Gasteiger partial charge >= 0.3 is 11.8 Å². The van der Waals surface area contributed by atoms with Gasteiger partial charge in [0.25, 0.3) is 5.69 Å². The quantitative estimate of drug-likeness (QED) is 0.405. The molecule has 0 unspecified atom stereocenters. The van der Waals surface area contributed by atoms with E-state index in [1.165, 1.54) is 24.3 Å². The van der Waals surface area contributed by atoms with Gasteiger partial charge in [0.2, 0.25) is 0 Å². The van der Waals surface area contributed by atoms with Gasteiger partial charge in [-0.3, -0.25) is 19.7 Å². The monoisotopic (exact) mass is 375 g/mol. The Morgan fingerprint density at radius 1 is 0.750 bits per heavy atom. The summed E-state index contributed by atoms with van der Waals surface area (Å²) in [5.74, 6) is -1.87. The number of nitro groups is 1. The third-order valence-electron chi connectivity index (χ3n) is 4.10. The first-order valence-corrected chi connectivity index (χ1v) is 8.51. The van der Waals surface area contributed by atoms with Crippen LogP contribution in [0.4, 0.5) is 11.4 Å². The second-order valence-corrected chi connectivity index (χ2v) is 5.96. The molecule has 0 saturated carbocycles. The molecule has 0 aliphatic rings. The molecule has 140 valence electrons. The van der Waals surface area contributed by atoms with E-state index in [2.05, 4.69) is 10.6 Å². The van der Waals surface area contributed by atoms with Crippen LogP contribution in [0.15, 0.2) is 84.9 Å². The molecule has 0 aliphatic heterocycles.